The predicted octanol–water partition coefficient (Wildman–Crippen LogP) is 3.16. The summed E-state index contributed by atoms with van der Waals surface area (Å²) in [6.45, 7) is 2.11. The highest BCUT2D eigenvalue weighted by atomic mass is 32.1. The van der Waals surface area contributed by atoms with Crippen molar-refractivity contribution in [3.63, 3.8) is 0 Å². The smallest absolute Gasteiger partial charge is 0.0730 e. The third-order valence-corrected chi connectivity index (χ3v) is 2.94. The minimum Gasteiger partial charge on any atom is -0.388 e. The Morgan fingerprint density at radius 1 is 1.36 bits per heavy atom. The van der Waals surface area contributed by atoms with Crippen molar-refractivity contribution in [2.75, 3.05) is 12.4 Å². The maximum absolute atomic E-state index is 4.34. The van der Waals surface area contributed by atoms with E-state index in [1.165, 1.54) is 10.4 Å². The molecule has 0 fully saturated rings. The first kappa shape index (κ1) is 9.21. The van der Waals surface area contributed by atoms with Crippen LogP contribution in [0.15, 0.2) is 29.8 Å². The zero-order chi connectivity index (χ0) is 9.97. The van der Waals surface area contributed by atoms with Crippen LogP contribution < -0.4 is 5.32 Å². The van der Waals surface area contributed by atoms with E-state index < -0.39 is 0 Å². The summed E-state index contributed by atoms with van der Waals surface area (Å²) in [4.78, 5) is 5.65. The number of thiophene rings is 1. The SMILES string of the molecule is CNc1ccnc(-c2csc(C)c2)c1. The van der Waals surface area contributed by atoms with Gasteiger partial charge >= 0.3 is 0 Å². The minimum atomic E-state index is 1.03. The van der Waals surface area contributed by atoms with Crippen molar-refractivity contribution in [1.82, 2.24) is 4.98 Å². The second-order valence-electron chi connectivity index (χ2n) is 3.13. The Labute approximate surface area is 87.6 Å². The van der Waals surface area contributed by atoms with Gasteiger partial charge in [-0.1, -0.05) is 0 Å². The summed E-state index contributed by atoms with van der Waals surface area (Å²) < 4.78 is 0. The number of aromatic nitrogens is 1. The first-order chi connectivity index (χ1) is 6.79. The molecule has 0 saturated heterocycles. The van der Waals surface area contributed by atoms with E-state index in [1.807, 2.05) is 19.3 Å². The first-order valence-electron chi connectivity index (χ1n) is 4.49. The number of aryl methyl sites for hydroxylation is 1. The molecule has 0 radical (unpaired) electrons. The predicted molar refractivity (Wildman–Crippen MR) is 61.8 cm³/mol. The van der Waals surface area contributed by atoms with Gasteiger partial charge in [0.05, 0.1) is 5.69 Å². The highest BCUT2D eigenvalue weighted by Crippen LogP contribution is 2.24. The third-order valence-electron chi connectivity index (χ3n) is 2.07. The molecule has 2 heterocycles. The van der Waals surface area contributed by atoms with E-state index in [0.29, 0.717) is 0 Å². The van der Waals surface area contributed by atoms with Crippen molar-refractivity contribution in [3.05, 3.63) is 34.7 Å². The lowest BCUT2D eigenvalue weighted by Gasteiger charge is -2.01. The molecule has 0 aliphatic carbocycles. The summed E-state index contributed by atoms with van der Waals surface area (Å²) in [6.07, 6.45) is 1.83. The fraction of sp³-hybridized carbons (Fsp3) is 0.182. The second kappa shape index (κ2) is 3.80. The van der Waals surface area contributed by atoms with Crippen LogP contribution in [0, 0.1) is 6.92 Å². The molecule has 0 aliphatic rings. The quantitative estimate of drug-likeness (QED) is 0.812. The molecule has 0 aromatic carbocycles. The Morgan fingerprint density at radius 3 is 2.86 bits per heavy atom. The van der Waals surface area contributed by atoms with Gasteiger partial charge in [-0.25, -0.2) is 0 Å². The van der Waals surface area contributed by atoms with Gasteiger partial charge in [0.2, 0.25) is 0 Å². The van der Waals surface area contributed by atoms with Crippen LogP contribution in [0.3, 0.4) is 0 Å². The van der Waals surface area contributed by atoms with E-state index in [9.17, 15) is 0 Å². The monoisotopic (exact) mass is 204 g/mol. The van der Waals surface area contributed by atoms with Crippen LogP contribution in [0.25, 0.3) is 11.3 Å². The highest BCUT2D eigenvalue weighted by molar-refractivity contribution is 7.10. The van der Waals surface area contributed by atoms with Gasteiger partial charge in [-0.2, -0.15) is 0 Å². The average molecular weight is 204 g/mol. The molecule has 0 amide bonds. The molecule has 3 heteroatoms. The van der Waals surface area contributed by atoms with Gasteiger partial charge in [0.25, 0.3) is 0 Å². The van der Waals surface area contributed by atoms with Crippen LogP contribution in [0.1, 0.15) is 4.88 Å². The number of nitrogens with zero attached hydrogens (tertiary/aromatic N) is 1. The van der Waals surface area contributed by atoms with Gasteiger partial charge in [0, 0.05) is 34.8 Å². The lowest BCUT2D eigenvalue weighted by atomic mass is 10.2. The van der Waals surface area contributed by atoms with Crippen LogP contribution in [0.2, 0.25) is 0 Å². The maximum Gasteiger partial charge on any atom is 0.0730 e. The van der Waals surface area contributed by atoms with Crippen LogP contribution in [0.4, 0.5) is 5.69 Å². The summed E-state index contributed by atoms with van der Waals surface area (Å²) in [5.41, 5.74) is 3.32. The minimum absolute atomic E-state index is 1.03. The van der Waals surface area contributed by atoms with E-state index >= 15 is 0 Å². The molecule has 2 nitrogen and oxygen atoms in total. The number of nitrogens with one attached hydrogen (secondary N) is 1. The normalized spacial score (nSPS) is 10.1. The van der Waals surface area contributed by atoms with Gasteiger partial charge in [-0.05, 0) is 25.1 Å². The van der Waals surface area contributed by atoms with Gasteiger partial charge < -0.3 is 5.32 Å². The Morgan fingerprint density at radius 2 is 2.21 bits per heavy atom. The summed E-state index contributed by atoms with van der Waals surface area (Å²) in [6, 6.07) is 6.18. The standard InChI is InChI=1S/C11H12N2S/c1-8-5-9(7-14-8)11-6-10(12-2)3-4-13-11/h3-7H,1-2H3,(H,12,13). The molecule has 0 saturated carbocycles. The average Bonchev–Trinajstić information content (AvgIpc) is 2.65. The summed E-state index contributed by atoms with van der Waals surface area (Å²) in [7, 11) is 1.91. The molecule has 2 aromatic rings. The Kier molecular flexibility index (Phi) is 2.50. The third kappa shape index (κ3) is 1.77. The van der Waals surface area contributed by atoms with Crippen molar-refractivity contribution in [2.24, 2.45) is 0 Å². The number of rotatable bonds is 2. The highest BCUT2D eigenvalue weighted by Gasteiger charge is 2.01. The fourth-order valence-electron chi connectivity index (χ4n) is 1.32. The van der Waals surface area contributed by atoms with Crippen LogP contribution in [0.5, 0.6) is 0 Å². The Hall–Kier alpha value is -1.35. The van der Waals surface area contributed by atoms with Crippen LogP contribution in [-0.4, -0.2) is 12.0 Å². The van der Waals surface area contributed by atoms with E-state index in [0.717, 1.165) is 11.4 Å². The van der Waals surface area contributed by atoms with Crippen molar-refractivity contribution in [2.45, 2.75) is 6.92 Å². The molecule has 0 atom stereocenters. The van der Waals surface area contributed by atoms with Crippen LogP contribution >= 0.6 is 11.3 Å². The van der Waals surface area contributed by atoms with Crippen molar-refractivity contribution >= 4 is 17.0 Å². The summed E-state index contributed by atoms with van der Waals surface area (Å²) in [5.74, 6) is 0. The van der Waals surface area contributed by atoms with Gasteiger partial charge in [-0.3, -0.25) is 4.98 Å². The van der Waals surface area contributed by atoms with E-state index in [4.69, 9.17) is 0 Å². The molecule has 72 valence electrons. The molecular weight excluding hydrogens is 192 g/mol. The molecule has 14 heavy (non-hydrogen) atoms. The topological polar surface area (TPSA) is 24.9 Å². The summed E-state index contributed by atoms with van der Waals surface area (Å²) in [5, 5.41) is 5.24. The first-order valence-corrected chi connectivity index (χ1v) is 5.37. The lowest BCUT2D eigenvalue weighted by Crippen LogP contribution is -1.89. The second-order valence-corrected chi connectivity index (χ2v) is 4.24. The number of hydrogen-bond acceptors (Lipinski definition) is 3. The molecule has 2 rings (SSSR count). The van der Waals surface area contributed by atoms with E-state index in [2.05, 4.69) is 34.7 Å². The van der Waals surface area contributed by atoms with E-state index in [-0.39, 0.29) is 0 Å². The van der Waals surface area contributed by atoms with Gasteiger partial charge in [0.15, 0.2) is 0 Å². The molecule has 1 N–H and O–H groups in total. The van der Waals surface area contributed by atoms with Gasteiger partial charge in [0.1, 0.15) is 0 Å². The molecule has 0 bridgehead atoms. The molecule has 0 spiro atoms. The van der Waals surface area contributed by atoms with Crippen molar-refractivity contribution in [1.29, 1.82) is 0 Å². The largest absolute Gasteiger partial charge is 0.388 e. The van der Waals surface area contributed by atoms with Gasteiger partial charge in [-0.15, -0.1) is 11.3 Å². The van der Waals surface area contributed by atoms with E-state index in [1.54, 1.807) is 11.3 Å². The van der Waals surface area contributed by atoms with Crippen molar-refractivity contribution < 1.29 is 0 Å². The lowest BCUT2D eigenvalue weighted by molar-refractivity contribution is 1.32. The number of hydrogen-bond donors (Lipinski definition) is 1. The molecule has 0 unspecified atom stereocenters. The number of anilines is 1. The Bertz CT molecular complexity index is 434. The molecule has 0 aliphatic heterocycles. The zero-order valence-electron chi connectivity index (χ0n) is 8.24. The maximum atomic E-state index is 4.34. The molecule has 2 aromatic heterocycles. The number of pyridine rings is 1. The summed E-state index contributed by atoms with van der Waals surface area (Å²) >= 11 is 1.75. The zero-order valence-corrected chi connectivity index (χ0v) is 9.06. The van der Waals surface area contributed by atoms with Crippen molar-refractivity contribution in [3.8, 4) is 11.3 Å². The van der Waals surface area contributed by atoms with Crippen LogP contribution in [-0.2, 0) is 0 Å². The fourth-order valence-corrected chi connectivity index (χ4v) is 2.02. The molecular formula is C11H12N2S. The Balaban J connectivity index is 2.41.